The van der Waals surface area contributed by atoms with E-state index in [-0.39, 0.29) is 18.9 Å². The zero-order valence-electron chi connectivity index (χ0n) is 37.0. The van der Waals surface area contributed by atoms with Crippen LogP contribution in [0, 0.1) is 0 Å². The number of hydrogen-bond donors (Lipinski definition) is 4. The Morgan fingerprint density at radius 3 is 1.30 bits per heavy atom. The van der Waals surface area contributed by atoms with Gasteiger partial charge in [0.05, 0.1) is 31.3 Å². The molecule has 0 aromatic heterocycles. The third-order valence-electron chi connectivity index (χ3n) is 10.8. The zero-order chi connectivity index (χ0) is 40.8. The zero-order valence-corrected chi connectivity index (χ0v) is 37.0. The molecule has 0 rings (SSSR count). The number of aliphatic hydroxyl groups is 3. The van der Waals surface area contributed by atoms with Crippen molar-refractivity contribution >= 4 is 5.91 Å². The van der Waals surface area contributed by atoms with Crippen molar-refractivity contribution in [3.8, 4) is 0 Å². The minimum absolute atomic E-state index is 0.0000766. The van der Waals surface area contributed by atoms with E-state index in [0.29, 0.717) is 6.42 Å². The topological polar surface area (TPSA) is 89.8 Å². The average Bonchev–Trinajstić information content (AvgIpc) is 3.19. The monoisotopic (exact) mass is 784 g/mol. The Bertz CT molecular complexity index is 954. The molecule has 0 heterocycles. The molecule has 0 spiro atoms. The SMILES string of the molecule is CCCC/C=C/CC/C=C/CC/C=C/C(O)C(CO)NC(=O)CC(O)CCCCCCCCCCCCCCC/C=C\C/C=C\CCCCCCCCCCC. The maximum atomic E-state index is 12.4. The molecule has 0 aliphatic rings. The van der Waals surface area contributed by atoms with Crippen molar-refractivity contribution < 1.29 is 20.1 Å². The second-order valence-corrected chi connectivity index (χ2v) is 16.3. The van der Waals surface area contributed by atoms with Crippen LogP contribution in [0.15, 0.2) is 60.8 Å². The van der Waals surface area contributed by atoms with Gasteiger partial charge >= 0.3 is 0 Å². The Morgan fingerprint density at radius 2 is 0.839 bits per heavy atom. The summed E-state index contributed by atoms with van der Waals surface area (Å²) in [5.74, 6) is -0.332. The lowest BCUT2D eigenvalue weighted by atomic mass is 10.0. The summed E-state index contributed by atoms with van der Waals surface area (Å²) in [4.78, 5) is 12.4. The predicted octanol–water partition coefficient (Wildman–Crippen LogP) is 14.3. The number of carbonyl (C=O) groups excluding carboxylic acids is 1. The van der Waals surface area contributed by atoms with Crippen molar-refractivity contribution in [1.29, 1.82) is 0 Å². The van der Waals surface area contributed by atoms with Gasteiger partial charge in [-0.05, 0) is 70.6 Å². The summed E-state index contributed by atoms with van der Waals surface area (Å²) >= 11 is 0. The molecule has 3 unspecified atom stereocenters. The Kier molecular flexibility index (Phi) is 44.2. The lowest BCUT2D eigenvalue weighted by molar-refractivity contribution is -0.124. The molecular weight excluding hydrogens is 691 g/mol. The van der Waals surface area contributed by atoms with Crippen LogP contribution in [0.25, 0.3) is 0 Å². The van der Waals surface area contributed by atoms with Gasteiger partial charge in [-0.3, -0.25) is 4.79 Å². The van der Waals surface area contributed by atoms with E-state index in [1.54, 1.807) is 6.08 Å². The molecule has 0 saturated heterocycles. The summed E-state index contributed by atoms with van der Waals surface area (Å²) in [5.41, 5.74) is 0. The van der Waals surface area contributed by atoms with Crippen LogP contribution in [0.3, 0.4) is 0 Å². The van der Waals surface area contributed by atoms with Gasteiger partial charge in [-0.1, -0.05) is 216 Å². The molecule has 3 atom stereocenters. The molecular formula is C51H93NO4. The number of allylic oxidation sites excluding steroid dienone is 9. The standard InChI is InChI=1S/C51H93NO4/c1-3-5-7-9-11-13-15-17-18-19-20-21-22-23-24-25-26-27-28-29-30-31-32-33-34-36-38-40-42-44-48(54)46-51(56)52-49(47-53)50(55)45-43-41-39-37-35-16-14-12-10-8-6-4-2/h10,12,20-21,23-24,35,37,43,45,48-50,53-55H,3-9,11,13-19,22,25-34,36,38-42,44,46-47H2,1-2H3,(H,52,56)/b12-10+,21-20-,24-23-,37-35+,45-43+. The predicted molar refractivity (Wildman–Crippen MR) is 245 cm³/mol. The highest BCUT2D eigenvalue weighted by molar-refractivity contribution is 5.76. The largest absolute Gasteiger partial charge is 0.394 e. The lowest BCUT2D eigenvalue weighted by Crippen LogP contribution is -2.45. The van der Waals surface area contributed by atoms with Crippen molar-refractivity contribution in [2.45, 2.75) is 250 Å². The molecule has 1 amide bonds. The van der Waals surface area contributed by atoms with Crippen molar-refractivity contribution in [2.24, 2.45) is 0 Å². The molecule has 0 aliphatic heterocycles. The number of carbonyl (C=O) groups is 1. The number of hydrogen-bond acceptors (Lipinski definition) is 4. The van der Waals surface area contributed by atoms with Crippen LogP contribution in [0.4, 0.5) is 0 Å². The highest BCUT2D eigenvalue weighted by Crippen LogP contribution is 2.15. The molecule has 5 nitrogen and oxygen atoms in total. The van der Waals surface area contributed by atoms with Crippen LogP contribution in [0.2, 0.25) is 0 Å². The van der Waals surface area contributed by atoms with Crippen LogP contribution >= 0.6 is 0 Å². The fourth-order valence-electron chi connectivity index (χ4n) is 7.04. The van der Waals surface area contributed by atoms with Gasteiger partial charge in [0.15, 0.2) is 0 Å². The van der Waals surface area contributed by atoms with Gasteiger partial charge in [0.25, 0.3) is 0 Å². The minimum atomic E-state index is -0.960. The van der Waals surface area contributed by atoms with Crippen LogP contribution in [0.5, 0.6) is 0 Å². The Labute approximate surface area is 348 Å². The first-order valence-electron chi connectivity index (χ1n) is 24.1. The number of amides is 1. The van der Waals surface area contributed by atoms with E-state index in [9.17, 15) is 20.1 Å². The number of nitrogens with one attached hydrogen (secondary N) is 1. The summed E-state index contributed by atoms with van der Waals surface area (Å²) in [7, 11) is 0. The summed E-state index contributed by atoms with van der Waals surface area (Å²) in [6.07, 6.45) is 61.0. The Balaban J connectivity index is 3.60. The molecule has 5 heteroatoms. The van der Waals surface area contributed by atoms with E-state index < -0.39 is 18.2 Å². The first kappa shape index (κ1) is 54.0. The lowest BCUT2D eigenvalue weighted by Gasteiger charge is -2.21. The van der Waals surface area contributed by atoms with Crippen molar-refractivity contribution in [2.75, 3.05) is 6.61 Å². The van der Waals surface area contributed by atoms with Crippen LogP contribution in [-0.4, -0.2) is 46.1 Å². The highest BCUT2D eigenvalue weighted by Gasteiger charge is 2.20. The Hall–Kier alpha value is -1.95. The molecule has 0 aliphatic carbocycles. The number of unbranched alkanes of at least 4 members (excludes halogenated alkanes) is 26. The maximum Gasteiger partial charge on any atom is 0.222 e. The molecule has 0 fully saturated rings. The molecule has 0 radical (unpaired) electrons. The van der Waals surface area contributed by atoms with E-state index in [2.05, 4.69) is 67.8 Å². The van der Waals surface area contributed by atoms with Gasteiger partial charge in [-0.25, -0.2) is 0 Å². The second-order valence-electron chi connectivity index (χ2n) is 16.3. The quantitative estimate of drug-likeness (QED) is 0.0366. The van der Waals surface area contributed by atoms with Crippen LogP contribution in [0.1, 0.15) is 232 Å². The molecule has 0 aromatic carbocycles. The smallest absolute Gasteiger partial charge is 0.222 e. The minimum Gasteiger partial charge on any atom is -0.394 e. The van der Waals surface area contributed by atoms with Gasteiger partial charge < -0.3 is 20.6 Å². The average molecular weight is 784 g/mol. The first-order chi connectivity index (χ1) is 27.5. The summed E-state index contributed by atoms with van der Waals surface area (Å²) < 4.78 is 0. The van der Waals surface area contributed by atoms with E-state index >= 15 is 0 Å². The maximum absolute atomic E-state index is 12.4. The second kappa shape index (κ2) is 45.7. The number of rotatable bonds is 43. The normalized spacial score (nSPS) is 14.0. The van der Waals surface area contributed by atoms with E-state index in [4.69, 9.17) is 0 Å². The van der Waals surface area contributed by atoms with Gasteiger partial charge in [-0.2, -0.15) is 0 Å². The molecule has 326 valence electrons. The van der Waals surface area contributed by atoms with Gasteiger partial charge in [0.1, 0.15) is 0 Å². The summed E-state index contributed by atoms with van der Waals surface area (Å²) in [6.45, 7) is 4.14. The van der Waals surface area contributed by atoms with Crippen LogP contribution < -0.4 is 5.32 Å². The fourth-order valence-corrected chi connectivity index (χ4v) is 7.04. The first-order valence-corrected chi connectivity index (χ1v) is 24.1. The van der Waals surface area contributed by atoms with E-state index in [0.717, 1.165) is 44.9 Å². The molecule has 56 heavy (non-hydrogen) atoms. The highest BCUT2D eigenvalue weighted by atomic mass is 16.3. The van der Waals surface area contributed by atoms with Gasteiger partial charge in [0.2, 0.25) is 5.91 Å². The van der Waals surface area contributed by atoms with Crippen molar-refractivity contribution in [1.82, 2.24) is 5.32 Å². The van der Waals surface area contributed by atoms with Crippen molar-refractivity contribution in [3.05, 3.63) is 60.8 Å². The van der Waals surface area contributed by atoms with E-state index in [1.807, 2.05) is 6.08 Å². The number of aliphatic hydroxyl groups excluding tert-OH is 3. The van der Waals surface area contributed by atoms with E-state index in [1.165, 1.54) is 161 Å². The summed E-state index contributed by atoms with van der Waals surface area (Å²) in [5, 5.41) is 33.2. The van der Waals surface area contributed by atoms with Crippen molar-refractivity contribution in [3.63, 3.8) is 0 Å². The van der Waals surface area contributed by atoms with Crippen LogP contribution in [-0.2, 0) is 4.79 Å². The molecule has 0 aromatic rings. The molecule has 0 bridgehead atoms. The van der Waals surface area contributed by atoms with Gasteiger partial charge in [0, 0.05) is 0 Å². The van der Waals surface area contributed by atoms with Gasteiger partial charge in [-0.15, -0.1) is 0 Å². The third kappa shape index (κ3) is 41.7. The third-order valence-corrected chi connectivity index (χ3v) is 10.8. The molecule has 0 saturated carbocycles. The Morgan fingerprint density at radius 1 is 0.464 bits per heavy atom. The fraction of sp³-hybridized carbons (Fsp3) is 0.784. The molecule has 4 N–H and O–H groups in total. The summed E-state index contributed by atoms with van der Waals surface area (Å²) in [6, 6.07) is -0.768.